The molecule has 0 aliphatic heterocycles. The Kier molecular flexibility index (Phi) is 6.94. The third-order valence-corrected chi connectivity index (χ3v) is 6.51. The molecule has 0 aromatic heterocycles. The van der Waals surface area contributed by atoms with Crippen molar-refractivity contribution in [3.05, 3.63) is 83.9 Å². The standard InChI is InChI=1S/C23H24N2O5S/c1-25(31(27,28)22-13-11-21(30-3)12-14-22)20-9-7-18(8-10-20)23(26)24-19-6-4-5-17(15-19)16-29-2/h4-15H,16H2,1-3H3,(H,24,26). The minimum absolute atomic E-state index is 0.147. The van der Waals surface area contributed by atoms with Gasteiger partial charge >= 0.3 is 0 Å². The fourth-order valence-corrected chi connectivity index (χ4v) is 4.17. The molecule has 0 aliphatic rings. The lowest BCUT2D eigenvalue weighted by Crippen LogP contribution is -2.26. The van der Waals surface area contributed by atoms with Crippen LogP contribution in [0.25, 0.3) is 0 Å². The normalized spacial score (nSPS) is 11.1. The van der Waals surface area contributed by atoms with Crippen molar-refractivity contribution in [2.75, 3.05) is 30.9 Å². The van der Waals surface area contributed by atoms with E-state index in [1.165, 1.54) is 30.6 Å². The lowest BCUT2D eigenvalue weighted by molar-refractivity contribution is 0.102. The van der Waals surface area contributed by atoms with Gasteiger partial charge in [-0.15, -0.1) is 0 Å². The number of methoxy groups -OCH3 is 2. The van der Waals surface area contributed by atoms with Gasteiger partial charge in [0.05, 0.1) is 24.3 Å². The molecule has 0 atom stereocenters. The first-order chi connectivity index (χ1) is 14.8. The monoisotopic (exact) mass is 440 g/mol. The van der Waals surface area contributed by atoms with E-state index in [2.05, 4.69) is 5.32 Å². The van der Waals surface area contributed by atoms with Gasteiger partial charge in [-0.2, -0.15) is 0 Å². The van der Waals surface area contributed by atoms with E-state index in [1.807, 2.05) is 18.2 Å². The highest BCUT2D eigenvalue weighted by molar-refractivity contribution is 7.92. The van der Waals surface area contributed by atoms with Gasteiger partial charge in [0, 0.05) is 25.4 Å². The van der Waals surface area contributed by atoms with Crippen LogP contribution in [0.1, 0.15) is 15.9 Å². The molecular formula is C23H24N2O5S. The number of carbonyl (C=O) groups is 1. The molecule has 0 heterocycles. The summed E-state index contributed by atoms with van der Waals surface area (Å²) in [6.07, 6.45) is 0. The van der Waals surface area contributed by atoms with Crippen LogP contribution in [-0.4, -0.2) is 35.6 Å². The highest BCUT2D eigenvalue weighted by Crippen LogP contribution is 2.24. The number of carbonyl (C=O) groups excluding carboxylic acids is 1. The Morgan fingerprint density at radius 1 is 0.968 bits per heavy atom. The maximum atomic E-state index is 12.9. The second kappa shape index (κ2) is 9.63. The number of nitrogens with one attached hydrogen (secondary N) is 1. The topological polar surface area (TPSA) is 84.9 Å². The predicted octanol–water partition coefficient (Wildman–Crippen LogP) is 3.92. The van der Waals surface area contributed by atoms with E-state index < -0.39 is 10.0 Å². The van der Waals surface area contributed by atoms with Crippen molar-refractivity contribution in [1.82, 2.24) is 0 Å². The smallest absolute Gasteiger partial charge is 0.264 e. The van der Waals surface area contributed by atoms with Crippen LogP contribution < -0.4 is 14.4 Å². The zero-order valence-corrected chi connectivity index (χ0v) is 18.3. The maximum absolute atomic E-state index is 12.9. The van der Waals surface area contributed by atoms with Crippen LogP contribution in [0.5, 0.6) is 5.75 Å². The third kappa shape index (κ3) is 5.22. The SMILES string of the molecule is COCc1cccc(NC(=O)c2ccc(N(C)S(=O)(=O)c3ccc(OC)cc3)cc2)c1. The van der Waals surface area contributed by atoms with Gasteiger partial charge in [-0.25, -0.2) is 8.42 Å². The number of anilines is 2. The van der Waals surface area contributed by atoms with Gasteiger partial charge in [0.25, 0.3) is 15.9 Å². The summed E-state index contributed by atoms with van der Waals surface area (Å²) < 4.78 is 37.1. The predicted molar refractivity (Wildman–Crippen MR) is 120 cm³/mol. The summed E-state index contributed by atoms with van der Waals surface area (Å²) in [6, 6.07) is 19.9. The van der Waals surface area contributed by atoms with Crippen molar-refractivity contribution in [3.8, 4) is 5.75 Å². The number of benzene rings is 3. The van der Waals surface area contributed by atoms with Crippen LogP contribution in [-0.2, 0) is 21.4 Å². The van der Waals surface area contributed by atoms with Crippen LogP contribution in [0.15, 0.2) is 77.7 Å². The largest absolute Gasteiger partial charge is 0.497 e. The highest BCUT2D eigenvalue weighted by Gasteiger charge is 2.21. The van der Waals surface area contributed by atoms with Crippen LogP contribution in [0.4, 0.5) is 11.4 Å². The fraction of sp³-hybridized carbons (Fsp3) is 0.174. The van der Waals surface area contributed by atoms with Crippen LogP contribution in [0.3, 0.4) is 0 Å². The lowest BCUT2D eigenvalue weighted by Gasteiger charge is -2.20. The molecule has 3 aromatic carbocycles. The van der Waals surface area contributed by atoms with Crippen molar-refractivity contribution in [3.63, 3.8) is 0 Å². The highest BCUT2D eigenvalue weighted by atomic mass is 32.2. The van der Waals surface area contributed by atoms with Gasteiger partial charge in [-0.05, 0) is 66.2 Å². The molecule has 0 saturated carbocycles. The summed E-state index contributed by atoms with van der Waals surface area (Å²) >= 11 is 0. The summed E-state index contributed by atoms with van der Waals surface area (Å²) in [5.41, 5.74) is 2.45. The van der Waals surface area contributed by atoms with E-state index >= 15 is 0 Å². The van der Waals surface area contributed by atoms with Gasteiger partial charge in [0.15, 0.2) is 0 Å². The molecular weight excluding hydrogens is 416 g/mol. The summed E-state index contributed by atoms with van der Waals surface area (Å²) in [6.45, 7) is 0.452. The molecule has 8 heteroatoms. The van der Waals surface area contributed by atoms with Crippen molar-refractivity contribution in [2.45, 2.75) is 11.5 Å². The number of hydrogen-bond acceptors (Lipinski definition) is 5. The molecule has 162 valence electrons. The van der Waals surface area contributed by atoms with Gasteiger partial charge in [-0.3, -0.25) is 9.10 Å². The first-order valence-electron chi connectivity index (χ1n) is 9.47. The molecule has 1 amide bonds. The second-order valence-corrected chi connectivity index (χ2v) is 8.75. The van der Waals surface area contributed by atoms with Gasteiger partial charge in [0.2, 0.25) is 0 Å². The maximum Gasteiger partial charge on any atom is 0.264 e. The van der Waals surface area contributed by atoms with E-state index in [9.17, 15) is 13.2 Å². The number of ether oxygens (including phenoxy) is 2. The van der Waals surface area contributed by atoms with Crippen LogP contribution in [0.2, 0.25) is 0 Å². The Hall–Kier alpha value is -3.36. The molecule has 0 radical (unpaired) electrons. The molecule has 0 aliphatic carbocycles. The van der Waals surface area contributed by atoms with Crippen molar-refractivity contribution in [2.24, 2.45) is 0 Å². The third-order valence-electron chi connectivity index (χ3n) is 4.71. The quantitative estimate of drug-likeness (QED) is 0.574. The Morgan fingerprint density at radius 3 is 2.26 bits per heavy atom. The van der Waals surface area contributed by atoms with Crippen LogP contribution in [0, 0.1) is 0 Å². The molecule has 1 N–H and O–H groups in total. The molecule has 3 aromatic rings. The minimum Gasteiger partial charge on any atom is -0.497 e. The lowest BCUT2D eigenvalue weighted by atomic mass is 10.1. The van der Waals surface area contributed by atoms with Gasteiger partial charge in [-0.1, -0.05) is 12.1 Å². The average molecular weight is 441 g/mol. The Bertz CT molecular complexity index is 1140. The number of nitrogens with zero attached hydrogens (tertiary/aromatic N) is 1. The molecule has 31 heavy (non-hydrogen) atoms. The van der Waals surface area contributed by atoms with Gasteiger partial charge in [0.1, 0.15) is 5.75 Å². The first-order valence-corrected chi connectivity index (χ1v) is 10.9. The average Bonchev–Trinajstić information content (AvgIpc) is 2.79. The molecule has 0 unspecified atom stereocenters. The zero-order chi connectivity index (χ0) is 22.4. The van der Waals surface area contributed by atoms with Crippen LogP contribution >= 0.6 is 0 Å². The zero-order valence-electron chi connectivity index (χ0n) is 17.5. The number of rotatable bonds is 8. The number of amides is 1. The van der Waals surface area contributed by atoms with E-state index in [-0.39, 0.29) is 10.8 Å². The Morgan fingerprint density at radius 2 is 1.65 bits per heavy atom. The van der Waals surface area contributed by atoms with Crippen molar-refractivity contribution >= 4 is 27.3 Å². The molecule has 0 fully saturated rings. The first kappa shape index (κ1) is 22.3. The minimum atomic E-state index is -3.74. The number of sulfonamides is 1. The van der Waals surface area contributed by atoms with E-state index in [0.29, 0.717) is 29.3 Å². The number of hydrogen-bond donors (Lipinski definition) is 1. The van der Waals surface area contributed by atoms with E-state index in [0.717, 1.165) is 5.56 Å². The Labute approximate surface area is 182 Å². The molecule has 0 bridgehead atoms. The molecule has 7 nitrogen and oxygen atoms in total. The summed E-state index contributed by atoms with van der Waals surface area (Å²) in [7, 11) is 0.852. The molecule has 0 saturated heterocycles. The van der Waals surface area contributed by atoms with Crippen molar-refractivity contribution < 1.29 is 22.7 Å². The molecule has 0 spiro atoms. The summed E-state index contributed by atoms with van der Waals surface area (Å²) in [4.78, 5) is 12.7. The van der Waals surface area contributed by atoms with E-state index in [4.69, 9.17) is 9.47 Å². The summed E-state index contributed by atoms with van der Waals surface area (Å²) in [5, 5.41) is 2.83. The molecule has 3 rings (SSSR count). The summed E-state index contributed by atoms with van der Waals surface area (Å²) in [5.74, 6) is 0.284. The van der Waals surface area contributed by atoms with E-state index in [1.54, 1.807) is 49.6 Å². The fourth-order valence-electron chi connectivity index (χ4n) is 2.98. The second-order valence-electron chi connectivity index (χ2n) is 6.78. The Balaban J connectivity index is 1.74. The van der Waals surface area contributed by atoms with Gasteiger partial charge < -0.3 is 14.8 Å². The van der Waals surface area contributed by atoms with Crippen molar-refractivity contribution in [1.29, 1.82) is 0 Å².